The van der Waals surface area contributed by atoms with Crippen LogP contribution in [0.25, 0.3) is 22.2 Å². The molecule has 0 radical (unpaired) electrons. The number of nitrogens with zero attached hydrogens (tertiary/aromatic N) is 2. The van der Waals surface area contributed by atoms with Gasteiger partial charge in [0.15, 0.2) is 0 Å². The van der Waals surface area contributed by atoms with E-state index in [9.17, 15) is 22.6 Å². The van der Waals surface area contributed by atoms with Gasteiger partial charge in [0.1, 0.15) is 17.1 Å². The van der Waals surface area contributed by atoms with Crippen molar-refractivity contribution in [2.75, 3.05) is 10.5 Å². The Bertz CT molecular complexity index is 1100. The molecule has 152 valence electrons. The number of hydrogen-bond acceptors (Lipinski definition) is 2. The monoisotopic (exact) mass is 419 g/mol. The zero-order valence-electron chi connectivity index (χ0n) is 16.0. The van der Waals surface area contributed by atoms with E-state index in [2.05, 4.69) is 10.8 Å². The van der Waals surface area contributed by atoms with Crippen molar-refractivity contribution in [2.24, 2.45) is 0 Å². The molecule has 0 spiro atoms. The van der Waals surface area contributed by atoms with E-state index in [-0.39, 0.29) is 0 Å². The number of hydrogen-bond donors (Lipinski definition) is 1. The summed E-state index contributed by atoms with van der Waals surface area (Å²) in [5.74, 6) is 0.534. The highest BCUT2D eigenvalue weighted by Gasteiger charge is 2.31. The van der Waals surface area contributed by atoms with Crippen LogP contribution in [0.1, 0.15) is 31.4 Å². The second-order valence-corrected chi connectivity index (χ2v) is 7.84. The van der Waals surface area contributed by atoms with E-state index in [1.54, 1.807) is 28.8 Å². The molecule has 4 nitrogen and oxygen atoms in total. The van der Waals surface area contributed by atoms with Crippen LogP contribution < -0.4 is 4.72 Å². The summed E-state index contributed by atoms with van der Waals surface area (Å²) in [7, 11) is -1.17. The SMILES string of the molecule is CCCS(=O)Nc1ccc(-c2c(C#N)c3ccc(C(F)(F)F)cc3n2CC)cc1. The molecular formula is C21H20F3N3OS. The van der Waals surface area contributed by atoms with Crippen molar-refractivity contribution in [3.63, 3.8) is 0 Å². The van der Waals surface area contributed by atoms with E-state index in [0.717, 1.165) is 18.6 Å². The smallest absolute Gasteiger partial charge is 0.340 e. The van der Waals surface area contributed by atoms with Crippen molar-refractivity contribution in [1.29, 1.82) is 5.26 Å². The normalized spacial score (nSPS) is 12.7. The molecular weight excluding hydrogens is 399 g/mol. The maximum atomic E-state index is 13.2. The van der Waals surface area contributed by atoms with Crippen molar-refractivity contribution in [3.8, 4) is 17.3 Å². The van der Waals surface area contributed by atoms with Crippen LogP contribution in [0, 0.1) is 11.3 Å². The number of aromatic nitrogens is 1. The highest BCUT2D eigenvalue weighted by atomic mass is 32.2. The molecule has 0 amide bonds. The summed E-state index contributed by atoms with van der Waals surface area (Å²) in [4.78, 5) is 0. The Balaban J connectivity index is 2.11. The van der Waals surface area contributed by atoms with Crippen molar-refractivity contribution >= 4 is 27.6 Å². The van der Waals surface area contributed by atoms with Crippen LogP contribution in [0.3, 0.4) is 0 Å². The summed E-state index contributed by atoms with van der Waals surface area (Å²) >= 11 is 0. The Kier molecular flexibility index (Phi) is 5.99. The largest absolute Gasteiger partial charge is 0.416 e. The lowest BCUT2D eigenvalue weighted by atomic mass is 10.0. The maximum absolute atomic E-state index is 13.2. The van der Waals surface area contributed by atoms with Gasteiger partial charge < -0.3 is 9.29 Å². The van der Waals surface area contributed by atoms with Gasteiger partial charge in [-0.1, -0.05) is 25.1 Å². The van der Waals surface area contributed by atoms with Crippen molar-refractivity contribution in [3.05, 3.63) is 53.6 Å². The molecule has 0 saturated heterocycles. The third kappa shape index (κ3) is 4.15. The van der Waals surface area contributed by atoms with Crippen LogP contribution in [0.2, 0.25) is 0 Å². The van der Waals surface area contributed by atoms with Crippen molar-refractivity contribution in [1.82, 2.24) is 4.57 Å². The maximum Gasteiger partial charge on any atom is 0.416 e. The lowest BCUT2D eigenvalue weighted by Crippen LogP contribution is -2.07. The third-order valence-corrected chi connectivity index (χ3v) is 5.84. The first-order valence-corrected chi connectivity index (χ1v) is 10.5. The summed E-state index contributed by atoms with van der Waals surface area (Å²) in [6, 6.07) is 12.7. The van der Waals surface area contributed by atoms with Crippen LogP contribution in [-0.4, -0.2) is 14.5 Å². The number of aryl methyl sites for hydroxylation is 1. The Morgan fingerprint density at radius 3 is 2.38 bits per heavy atom. The fourth-order valence-electron chi connectivity index (χ4n) is 3.33. The van der Waals surface area contributed by atoms with Crippen LogP contribution in [-0.2, 0) is 23.7 Å². The number of fused-ring (bicyclic) bond motifs is 1. The zero-order chi connectivity index (χ0) is 21.2. The average Bonchev–Trinajstić information content (AvgIpc) is 3.00. The first-order chi connectivity index (χ1) is 13.8. The molecule has 1 N–H and O–H groups in total. The minimum Gasteiger partial charge on any atom is -0.340 e. The molecule has 1 unspecified atom stereocenters. The number of rotatable bonds is 6. The number of halogens is 3. The molecule has 0 bridgehead atoms. The Hall–Kier alpha value is -2.79. The van der Waals surface area contributed by atoms with Crippen LogP contribution in [0.5, 0.6) is 0 Å². The molecule has 0 fully saturated rings. The van der Waals surface area contributed by atoms with Crippen LogP contribution in [0.15, 0.2) is 42.5 Å². The molecule has 0 aliphatic rings. The van der Waals surface area contributed by atoms with Crippen LogP contribution in [0.4, 0.5) is 18.9 Å². The van der Waals surface area contributed by atoms with Gasteiger partial charge >= 0.3 is 6.18 Å². The fourth-order valence-corrected chi connectivity index (χ4v) is 4.20. The Labute approximate surface area is 169 Å². The summed E-state index contributed by atoms with van der Waals surface area (Å²) in [6.07, 6.45) is -3.66. The predicted molar refractivity (Wildman–Crippen MR) is 110 cm³/mol. The standard InChI is InChI=1S/C21H20F3N3OS/c1-3-11-29(28)26-16-8-5-14(6-9-16)20-18(13-25)17-10-7-15(21(22,23)24)12-19(17)27(20)4-2/h5-10,12,26H,3-4,11H2,1-2H3. The van der Waals surface area contributed by atoms with Gasteiger partial charge in [-0.25, -0.2) is 4.21 Å². The lowest BCUT2D eigenvalue weighted by molar-refractivity contribution is -0.137. The van der Waals surface area contributed by atoms with Gasteiger partial charge in [-0.2, -0.15) is 18.4 Å². The molecule has 1 atom stereocenters. The van der Waals surface area contributed by atoms with E-state index in [4.69, 9.17) is 0 Å². The van der Waals surface area contributed by atoms with Gasteiger partial charge in [0.25, 0.3) is 0 Å². The zero-order valence-corrected chi connectivity index (χ0v) is 16.8. The van der Waals surface area contributed by atoms with E-state index < -0.39 is 22.7 Å². The highest BCUT2D eigenvalue weighted by Crippen LogP contribution is 2.37. The van der Waals surface area contributed by atoms with E-state index >= 15 is 0 Å². The predicted octanol–water partition coefficient (Wildman–Crippen LogP) is 5.70. The molecule has 0 aliphatic carbocycles. The van der Waals surface area contributed by atoms with Gasteiger partial charge in [-0.3, -0.25) is 0 Å². The van der Waals surface area contributed by atoms with Gasteiger partial charge in [-0.05, 0) is 43.2 Å². The second kappa shape index (κ2) is 8.29. The molecule has 3 aromatic rings. The molecule has 29 heavy (non-hydrogen) atoms. The molecule has 8 heteroatoms. The topological polar surface area (TPSA) is 57.8 Å². The van der Waals surface area contributed by atoms with Crippen molar-refractivity contribution < 1.29 is 17.4 Å². The minimum atomic E-state index is -4.45. The van der Waals surface area contributed by atoms with Crippen LogP contribution >= 0.6 is 0 Å². The van der Waals surface area contributed by atoms with E-state index in [1.807, 2.05) is 13.8 Å². The van der Waals surface area contributed by atoms with Gasteiger partial charge in [0.2, 0.25) is 0 Å². The molecule has 3 rings (SSSR count). The quantitative estimate of drug-likeness (QED) is 0.557. The average molecular weight is 419 g/mol. The number of anilines is 1. The summed E-state index contributed by atoms with van der Waals surface area (Å²) in [6.45, 7) is 4.18. The Morgan fingerprint density at radius 2 is 1.83 bits per heavy atom. The highest BCUT2D eigenvalue weighted by molar-refractivity contribution is 7.86. The number of nitrogens with one attached hydrogen (secondary N) is 1. The third-order valence-electron chi connectivity index (χ3n) is 4.60. The lowest BCUT2D eigenvalue weighted by Gasteiger charge is -2.11. The van der Waals surface area contributed by atoms with Crippen molar-refractivity contribution in [2.45, 2.75) is 33.0 Å². The molecule has 1 aromatic heterocycles. The van der Waals surface area contributed by atoms with E-state index in [0.29, 0.717) is 45.7 Å². The van der Waals surface area contributed by atoms with Gasteiger partial charge in [-0.15, -0.1) is 0 Å². The number of alkyl halides is 3. The van der Waals surface area contributed by atoms with Gasteiger partial charge in [0.05, 0.1) is 22.3 Å². The first-order valence-electron chi connectivity index (χ1n) is 9.19. The number of benzene rings is 2. The second-order valence-electron chi connectivity index (χ2n) is 6.54. The molecule has 1 heterocycles. The summed E-state index contributed by atoms with van der Waals surface area (Å²) in [5.41, 5.74) is 1.93. The molecule has 0 saturated carbocycles. The minimum absolute atomic E-state index is 0.339. The van der Waals surface area contributed by atoms with Gasteiger partial charge in [0, 0.05) is 23.4 Å². The number of nitriles is 1. The fraction of sp³-hybridized carbons (Fsp3) is 0.286. The van der Waals surface area contributed by atoms with E-state index in [1.165, 1.54) is 6.07 Å². The summed E-state index contributed by atoms with van der Waals surface area (Å²) < 4.78 is 56.0. The molecule has 0 aliphatic heterocycles. The molecule has 2 aromatic carbocycles. The summed E-state index contributed by atoms with van der Waals surface area (Å²) in [5, 5.41) is 10.2. The first kappa shape index (κ1) is 20.9. The Morgan fingerprint density at radius 1 is 1.14 bits per heavy atom.